The number of aromatic nitrogens is 1. The molecule has 0 aliphatic heterocycles. The van der Waals surface area contributed by atoms with Gasteiger partial charge in [0.1, 0.15) is 11.5 Å². The first-order valence-corrected chi connectivity index (χ1v) is 6.56. The van der Waals surface area contributed by atoms with Crippen molar-refractivity contribution in [2.24, 2.45) is 5.73 Å². The molecular formula is C14H15BrN2O. The summed E-state index contributed by atoms with van der Waals surface area (Å²) in [6.07, 6.45) is 4.19. The molecule has 0 amide bonds. The van der Waals surface area contributed by atoms with Gasteiger partial charge in [0.2, 0.25) is 0 Å². The van der Waals surface area contributed by atoms with Crippen molar-refractivity contribution in [2.75, 3.05) is 0 Å². The van der Waals surface area contributed by atoms with Crippen LogP contribution in [0.25, 0.3) is 0 Å². The predicted octanol–water partition coefficient (Wildman–Crippen LogP) is 3.53. The van der Waals surface area contributed by atoms with Crippen molar-refractivity contribution in [3.05, 3.63) is 52.8 Å². The maximum absolute atomic E-state index is 5.85. The summed E-state index contributed by atoms with van der Waals surface area (Å²) in [7, 11) is 0. The molecule has 1 heterocycles. The van der Waals surface area contributed by atoms with Crippen molar-refractivity contribution >= 4 is 15.9 Å². The molecule has 4 heteroatoms. The van der Waals surface area contributed by atoms with E-state index < -0.39 is 0 Å². The van der Waals surface area contributed by atoms with Crippen molar-refractivity contribution in [1.82, 2.24) is 4.98 Å². The highest BCUT2D eigenvalue weighted by molar-refractivity contribution is 9.10. The highest BCUT2D eigenvalue weighted by Gasteiger charge is 2.08. The van der Waals surface area contributed by atoms with Crippen LogP contribution in [0, 0.1) is 0 Å². The maximum atomic E-state index is 5.85. The Hall–Kier alpha value is -1.39. The third kappa shape index (κ3) is 3.55. The number of pyridine rings is 1. The molecule has 0 radical (unpaired) electrons. The Morgan fingerprint density at radius 3 is 2.89 bits per heavy atom. The lowest BCUT2D eigenvalue weighted by atomic mass is 10.1. The molecule has 1 unspecified atom stereocenters. The monoisotopic (exact) mass is 306 g/mol. The highest BCUT2D eigenvalue weighted by Crippen LogP contribution is 2.28. The number of nitrogens with zero attached hydrogens (tertiary/aromatic N) is 1. The Morgan fingerprint density at radius 1 is 1.39 bits per heavy atom. The van der Waals surface area contributed by atoms with E-state index in [0.717, 1.165) is 28.0 Å². The van der Waals surface area contributed by atoms with E-state index in [1.54, 1.807) is 12.4 Å². The minimum Gasteiger partial charge on any atom is -0.455 e. The van der Waals surface area contributed by atoms with Crippen LogP contribution in [0.15, 0.2) is 47.2 Å². The first-order chi connectivity index (χ1) is 8.65. The van der Waals surface area contributed by atoms with Gasteiger partial charge in [-0.1, -0.05) is 22.0 Å². The minimum atomic E-state index is 0.0995. The molecule has 3 nitrogen and oxygen atoms in total. The molecule has 2 rings (SSSR count). The van der Waals surface area contributed by atoms with Gasteiger partial charge < -0.3 is 10.5 Å². The minimum absolute atomic E-state index is 0.0995. The van der Waals surface area contributed by atoms with Gasteiger partial charge in [-0.3, -0.25) is 4.98 Å². The van der Waals surface area contributed by atoms with Gasteiger partial charge in [-0.25, -0.2) is 0 Å². The van der Waals surface area contributed by atoms with Gasteiger partial charge >= 0.3 is 0 Å². The Morgan fingerprint density at radius 2 is 2.22 bits per heavy atom. The Kier molecular flexibility index (Phi) is 4.33. The van der Waals surface area contributed by atoms with Crippen molar-refractivity contribution in [3.63, 3.8) is 0 Å². The van der Waals surface area contributed by atoms with E-state index in [0.29, 0.717) is 0 Å². The van der Waals surface area contributed by atoms with E-state index in [4.69, 9.17) is 10.5 Å². The first-order valence-electron chi connectivity index (χ1n) is 5.77. The fourth-order valence-electron chi connectivity index (χ4n) is 1.67. The molecule has 1 aromatic carbocycles. The topological polar surface area (TPSA) is 48.1 Å². The van der Waals surface area contributed by atoms with E-state index in [9.17, 15) is 0 Å². The zero-order valence-electron chi connectivity index (χ0n) is 10.1. The molecule has 18 heavy (non-hydrogen) atoms. The molecule has 0 saturated heterocycles. The molecule has 0 aliphatic rings. The van der Waals surface area contributed by atoms with Crippen molar-refractivity contribution in [2.45, 2.75) is 19.4 Å². The second-order valence-corrected chi connectivity index (χ2v) is 5.14. The molecule has 94 valence electrons. The average molecular weight is 307 g/mol. The van der Waals surface area contributed by atoms with Crippen molar-refractivity contribution in [1.29, 1.82) is 0 Å². The molecule has 0 bridgehead atoms. The standard InChI is InChI=1S/C14H15BrN2O/c1-10(16)7-11-4-5-12(15)8-14(11)18-13-3-2-6-17-9-13/h2-6,8-10H,7,16H2,1H3. The first kappa shape index (κ1) is 13.1. The van der Waals surface area contributed by atoms with Crippen LogP contribution in [0.1, 0.15) is 12.5 Å². The third-order valence-electron chi connectivity index (χ3n) is 2.43. The summed E-state index contributed by atoms with van der Waals surface area (Å²) >= 11 is 3.45. The summed E-state index contributed by atoms with van der Waals surface area (Å²) in [5.41, 5.74) is 6.94. The molecule has 0 saturated carbocycles. The Bertz CT molecular complexity index is 514. The quantitative estimate of drug-likeness (QED) is 0.940. The molecule has 0 fully saturated rings. The predicted molar refractivity (Wildman–Crippen MR) is 75.8 cm³/mol. The smallest absolute Gasteiger partial charge is 0.145 e. The lowest BCUT2D eigenvalue weighted by Gasteiger charge is -2.13. The van der Waals surface area contributed by atoms with Crippen LogP contribution in [0.2, 0.25) is 0 Å². The molecule has 1 atom stereocenters. The number of nitrogens with two attached hydrogens (primary N) is 1. The number of halogens is 1. The van der Waals surface area contributed by atoms with Gasteiger partial charge in [0.05, 0.1) is 6.20 Å². The molecule has 2 N–H and O–H groups in total. The molecular weight excluding hydrogens is 292 g/mol. The van der Waals surface area contributed by atoms with E-state index in [1.165, 1.54) is 0 Å². The summed E-state index contributed by atoms with van der Waals surface area (Å²) in [5.74, 6) is 1.54. The van der Waals surface area contributed by atoms with Crippen LogP contribution < -0.4 is 10.5 Å². The summed E-state index contributed by atoms with van der Waals surface area (Å²) in [5, 5.41) is 0. The van der Waals surface area contributed by atoms with Crippen LogP contribution in [-0.4, -0.2) is 11.0 Å². The van der Waals surface area contributed by atoms with Gasteiger partial charge in [-0.05, 0) is 43.2 Å². The van der Waals surface area contributed by atoms with Gasteiger partial charge in [-0.2, -0.15) is 0 Å². The summed E-state index contributed by atoms with van der Waals surface area (Å²) in [4.78, 5) is 4.03. The molecule has 0 aliphatic carbocycles. The Labute approximate surface area is 115 Å². The van der Waals surface area contributed by atoms with Gasteiger partial charge in [0, 0.05) is 16.7 Å². The summed E-state index contributed by atoms with van der Waals surface area (Å²) in [6.45, 7) is 1.98. The average Bonchev–Trinajstić information content (AvgIpc) is 2.33. The fourth-order valence-corrected chi connectivity index (χ4v) is 2.01. The van der Waals surface area contributed by atoms with Crippen LogP contribution >= 0.6 is 15.9 Å². The second-order valence-electron chi connectivity index (χ2n) is 4.22. The maximum Gasteiger partial charge on any atom is 0.145 e. The normalized spacial score (nSPS) is 12.2. The largest absolute Gasteiger partial charge is 0.455 e. The third-order valence-corrected chi connectivity index (χ3v) is 2.93. The van der Waals surface area contributed by atoms with E-state index >= 15 is 0 Å². The van der Waals surface area contributed by atoms with E-state index in [1.807, 2.05) is 37.3 Å². The number of ether oxygens (including phenoxy) is 1. The Balaban J connectivity index is 2.27. The number of hydrogen-bond acceptors (Lipinski definition) is 3. The van der Waals surface area contributed by atoms with Crippen molar-refractivity contribution < 1.29 is 4.74 Å². The number of rotatable bonds is 4. The van der Waals surface area contributed by atoms with Gasteiger partial charge in [-0.15, -0.1) is 0 Å². The number of hydrogen-bond donors (Lipinski definition) is 1. The van der Waals surface area contributed by atoms with Crippen LogP contribution in [0.5, 0.6) is 11.5 Å². The number of benzene rings is 1. The van der Waals surface area contributed by atoms with E-state index in [-0.39, 0.29) is 6.04 Å². The van der Waals surface area contributed by atoms with E-state index in [2.05, 4.69) is 20.9 Å². The van der Waals surface area contributed by atoms with Crippen LogP contribution in [0.3, 0.4) is 0 Å². The second kappa shape index (κ2) is 5.98. The zero-order chi connectivity index (χ0) is 13.0. The van der Waals surface area contributed by atoms with Gasteiger partial charge in [0.15, 0.2) is 0 Å². The summed E-state index contributed by atoms with van der Waals surface area (Å²) in [6, 6.07) is 9.79. The molecule has 0 spiro atoms. The molecule has 1 aromatic heterocycles. The SMILES string of the molecule is CC(N)Cc1ccc(Br)cc1Oc1cccnc1. The zero-order valence-corrected chi connectivity index (χ0v) is 11.7. The van der Waals surface area contributed by atoms with Gasteiger partial charge in [0.25, 0.3) is 0 Å². The summed E-state index contributed by atoms with van der Waals surface area (Å²) < 4.78 is 6.82. The van der Waals surface area contributed by atoms with Crippen molar-refractivity contribution in [3.8, 4) is 11.5 Å². The lowest BCUT2D eigenvalue weighted by Crippen LogP contribution is -2.18. The lowest BCUT2D eigenvalue weighted by molar-refractivity contribution is 0.471. The van der Waals surface area contributed by atoms with Crippen LogP contribution in [-0.2, 0) is 6.42 Å². The molecule has 2 aromatic rings. The highest BCUT2D eigenvalue weighted by atomic mass is 79.9. The fraction of sp³-hybridized carbons (Fsp3) is 0.214. The van der Waals surface area contributed by atoms with Crippen LogP contribution in [0.4, 0.5) is 0 Å².